The number of methoxy groups -OCH3 is 2. The number of fused-ring (bicyclic) bond motifs is 1. The summed E-state index contributed by atoms with van der Waals surface area (Å²) in [4.78, 5) is 28.3. The van der Waals surface area contributed by atoms with Gasteiger partial charge in [0.15, 0.2) is 11.5 Å². The summed E-state index contributed by atoms with van der Waals surface area (Å²) >= 11 is 0. The van der Waals surface area contributed by atoms with Gasteiger partial charge in [-0.3, -0.25) is 14.5 Å². The summed E-state index contributed by atoms with van der Waals surface area (Å²) in [6, 6.07) is 16.7. The Morgan fingerprint density at radius 1 is 1.00 bits per heavy atom. The third-order valence-electron chi connectivity index (χ3n) is 7.14. The van der Waals surface area contributed by atoms with Crippen LogP contribution in [0.25, 0.3) is 11.1 Å². The third kappa shape index (κ3) is 5.84. The van der Waals surface area contributed by atoms with Crippen molar-refractivity contribution in [2.45, 2.75) is 13.0 Å². The number of para-hydroxylation sites is 1. The number of hydrogen-bond acceptors (Lipinski definition) is 7. The van der Waals surface area contributed by atoms with Gasteiger partial charge in [0.25, 0.3) is 11.8 Å². The number of morpholine rings is 1. The van der Waals surface area contributed by atoms with Crippen LogP contribution >= 0.6 is 0 Å². The molecule has 2 aliphatic heterocycles. The van der Waals surface area contributed by atoms with Crippen molar-refractivity contribution in [3.8, 4) is 22.6 Å². The molecule has 0 radical (unpaired) electrons. The molecular weight excluding hydrogens is 496 g/mol. The number of hydrogen-bond donors (Lipinski definition) is 3. The topological polar surface area (TPSA) is 101 Å². The summed E-state index contributed by atoms with van der Waals surface area (Å²) < 4.78 is 16.5. The lowest BCUT2D eigenvalue weighted by atomic mass is 9.94. The van der Waals surface area contributed by atoms with Crippen LogP contribution in [0.4, 0.5) is 11.4 Å². The maximum absolute atomic E-state index is 13.1. The molecule has 3 aromatic rings. The van der Waals surface area contributed by atoms with Gasteiger partial charge in [0.1, 0.15) is 0 Å². The Kier molecular flexibility index (Phi) is 8.29. The zero-order valence-corrected chi connectivity index (χ0v) is 22.3. The second kappa shape index (κ2) is 12.2. The van der Waals surface area contributed by atoms with Crippen LogP contribution in [0.3, 0.4) is 0 Å². The van der Waals surface area contributed by atoms with Gasteiger partial charge < -0.3 is 30.2 Å². The molecule has 0 aromatic heterocycles. The van der Waals surface area contributed by atoms with Crippen LogP contribution in [0.2, 0.25) is 0 Å². The Balaban J connectivity index is 1.27. The monoisotopic (exact) mass is 530 g/mol. The number of rotatable bonds is 10. The molecule has 0 aliphatic carbocycles. The predicted molar refractivity (Wildman–Crippen MR) is 151 cm³/mol. The molecule has 0 unspecified atom stereocenters. The zero-order valence-electron chi connectivity index (χ0n) is 22.3. The molecule has 0 saturated carbocycles. The molecular formula is C30H34N4O5. The van der Waals surface area contributed by atoms with E-state index in [-0.39, 0.29) is 11.8 Å². The molecule has 2 heterocycles. The number of ether oxygens (including phenoxy) is 3. The lowest BCUT2D eigenvalue weighted by Crippen LogP contribution is -2.37. The van der Waals surface area contributed by atoms with Gasteiger partial charge in [0.2, 0.25) is 0 Å². The van der Waals surface area contributed by atoms with Gasteiger partial charge in [-0.25, -0.2) is 0 Å². The van der Waals surface area contributed by atoms with Crippen molar-refractivity contribution in [3.63, 3.8) is 0 Å². The van der Waals surface area contributed by atoms with Crippen molar-refractivity contribution in [3.05, 3.63) is 71.3 Å². The molecule has 0 spiro atoms. The Bertz CT molecular complexity index is 1340. The molecule has 2 aliphatic rings. The van der Waals surface area contributed by atoms with E-state index in [2.05, 4.69) is 20.9 Å². The van der Waals surface area contributed by atoms with Crippen LogP contribution < -0.4 is 25.4 Å². The summed E-state index contributed by atoms with van der Waals surface area (Å²) in [6.07, 6.45) is 1.03. The average molecular weight is 531 g/mol. The van der Waals surface area contributed by atoms with Crippen LogP contribution in [0.1, 0.15) is 32.7 Å². The largest absolute Gasteiger partial charge is 0.493 e. The molecule has 3 aromatic carbocycles. The summed E-state index contributed by atoms with van der Waals surface area (Å²) in [5.74, 6) is 0.699. The number of carbonyl (C=O) groups is 2. The molecule has 39 heavy (non-hydrogen) atoms. The molecule has 0 atom stereocenters. The molecule has 3 N–H and O–H groups in total. The second-order valence-electron chi connectivity index (χ2n) is 9.50. The second-order valence-corrected chi connectivity index (χ2v) is 9.50. The van der Waals surface area contributed by atoms with Crippen molar-refractivity contribution in [2.75, 3.05) is 64.2 Å². The highest BCUT2D eigenvalue weighted by Gasteiger charge is 2.28. The van der Waals surface area contributed by atoms with Gasteiger partial charge in [0, 0.05) is 43.0 Å². The van der Waals surface area contributed by atoms with Crippen molar-refractivity contribution >= 4 is 23.2 Å². The first-order valence-electron chi connectivity index (χ1n) is 13.2. The minimum atomic E-state index is -0.275. The normalized spacial score (nSPS) is 14.9. The van der Waals surface area contributed by atoms with Crippen LogP contribution in [-0.2, 0) is 11.3 Å². The van der Waals surface area contributed by atoms with Crippen LogP contribution in [0, 0.1) is 0 Å². The van der Waals surface area contributed by atoms with Gasteiger partial charge in [0.05, 0.1) is 38.7 Å². The fraction of sp³-hybridized carbons (Fsp3) is 0.333. The Morgan fingerprint density at radius 2 is 1.79 bits per heavy atom. The number of carbonyl (C=O) groups excluding carboxylic acids is 2. The van der Waals surface area contributed by atoms with E-state index in [0.717, 1.165) is 68.2 Å². The zero-order chi connectivity index (χ0) is 27.2. The fourth-order valence-corrected chi connectivity index (χ4v) is 5.10. The number of anilines is 2. The number of nitrogens with one attached hydrogen (secondary N) is 3. The Morgan fingerprint density at radius 3 is 2.54 bits per heavy atom. The lowest BCUT2D eigenvalue weighted by Gasteiger charge is -2.26. The van der Waals surface area contributed by atoms with Crippen LogP contribution in [0.5, 0.6) is 11.5 Å². The third-order valence-corrected chi connectivity index (χ3v) is 7.14. The van der Waals surface area contributed by atoms with E-state index >= 15 is 0 Å². The van der Waals surface area contributed by atoms with E-state index in [4.69, 9.17) is 14.2 Å². The molecule has 2 amide bonds. The van der Waals surface area contributed by atoms with Crippen LogP contribution in [0.15, 0.2) is 54.6 Å². The first kappa shape index (κ1) is 26.5. The maximum Gasteiger partial charge on any atom is 0.255 e. The van der Waals surface area contributed by atoms with Gasteiger partial charge in [-0.05, 0) is 60.5 Å². The minimum absolute atomic E-state index is 0.222. The van der Waals surface area contributed by atoms with Crippen molar-refractivity contribution < 1.29 is 23.8 Å². The first-order chi connectivity index (χ1) is 19.1. The smallest absolute Gasteiger partial charge is 0.255 e. The molecule has 0 bridgehead atoms. The summed E-state index contributed by atoms with van der Waals surface area (Å²) in [6.45, 7) is 5.86. The minimum Gasteiger partial charge on any atom is -0.493 e. The van der Waals surface area contributed by atoms with Gasteiger partial charge in [-0.1, -0.05) is 18.2 Å². The SMILES string of the molecule is COc1cccc(-c2ccc(NC(=O)c3ccc(NCCCN4CCOCC4)cc3)c3c2CNC3=O)c1OC. The number of amides is 2. The highest BCUT2D eigenvalue weighted by Crippen LogP contribution is 2.42. The van der Waals surface area contributed by atoms with Crippen molar-refractivity contribution in [1.82, 2.24) is 10.2 Å². The number of nitrogens with zero attached hydrogens (tertiary/aromatic N) is 1. The summed E-state index contributed by atoms with van der Waals surface area (Å²) in [5.41, 5.74) is 4.88. The van der Waals surface area contributed by atoms with E-state index in [0.29, 0.717) is 34.9 Å². The first-order valence-corrected chi connectivity index (χ1v) is 13.2. The fourth-order valence-electron chi connectivity index (χ4n) is 5.10. The van der Waals surface area contributed by atoms with E-state index in [1.165, 1.54) is 0 Å². The lowest BCUT2D eigenvalue weighted by molar-refractivity contribution is 0.0378. The number of benzene rings is 3. The Hall–Kier alpha value is -4.08. The molecule has 204 valence electrons. The van der Waals surface area contributed by atoms with Gasteiger partial charge in [-0.2, -0.15) is 0 Å². The van der Waals surface area contributed by atoms with Crippen molar-refractivity contribution in [2.24, 2.45) is 0 Å². The molecule has 5 rings (SSSR count). The highest BCUT2D eigenvalue weighted by atomic mass is 16.5. The van der Waals surface area contributed by atoms with E-state index in [1.807, 2.05) is 36.4 Å². The summed E-state index contributed by atoms with van der Waals surface area (Å²) in [7, 11) is 3.18. The predicted octanol–water partition coefficient (Wildman–Crippen LogP) is 4.00. The van der Waals surface area contributed by atoms with Gasteiger partial charge in [-0.15, -0.1) is 0 Å². The van der Waals surface area contributed by atoms with E-state index < -0.39 is 0 Å². The van der Waals surface area contributed by atoms with E-state index in [1.54, 1.807) is 32.4 Å². The standard InChI is InChI=1S/C30H34N4O5/c1-37-26-6-3-5-23(28(26)38-2)22-11-12-25(27-24(22)19-32-30(27)36)33-29(35)20-7-9-21(10-8-20)31-13-4-14-34-15-17-39-18-16-34/h3,5-12,31H,4,13-19H2,1-2H3,(H,32,36)(H,33,35). The van der Waals surface area contributed by atoms with Crippen LogP contribution in [-0.4, -0.2) is 70.3 Å². The maximum atomic E-state index is 13.1. The molecule has 1 saturated heterocycles. The molecule has 1 fully saturated rings. The molecule has 9 heteroatoms. The van der Waals surface area contributed by atoms with Gasteiger partial charge >= 0.3 is 0 Å². The van der Waals surface area contributed by atoms with E-state index in [9.17, 15) is 9.59 Å². The molecule has 9 nitrogen and oxygen atoms in total. The van der Waals surface area contributed by atoms with Crippen molar-refractivity contribution in [1.29, 1.82) is 0 Å². The Labute approximate surface area is 228 Å². The summed E-state index contributed by atoms with van der Waals surface area (Å²) in [5, 5.41) is 9.24. The average Bonchev–Trinajstić information content (AvgIpc) is 3.37. The quantitative estimate of drug-likeness (QED) is 0.341. The highest BCUT2D eigenvalue weighted by molar-refractivity contribution is 6.11.